The predicted molar refractivity (Wildman–Crippen MR) is 146 cm³/mol. The van der Waals surface area contributed by atoms with Gasteiger partial charge in [-0.2, -0.15) is 0 Å². The van der Waals surface area contributed by atoms with Gasteiger partial charge in [0.25, 0.3) is 5.91 Å². The summed E-state index contributed by atoms with van der Waals surface area (Å²) in [7, 11) is -3.08. The van der Waals surface area contributed by atoms with Gasteiger partial charge in [0, 0.05) is 23.0 Å². The zero-order chi connectivity index (χ0) is 26.4. The summed E-state index contributed by atoms with van der Waals surface area (Å²) in [6.45, 7) is 1.96. The van der Waals surface area contributed by atoms with Crippen molar-refractivity contribution in [2.75, 3.05) is 5.32 Å². The Morgan fingerprint density at radius 1 is 1.05 bits per heavy atom. The van der Waals surface area contributed by atoms with E-state index in [1.807, 2.05) is 61.5 Å². The number of anilines is 1. The van der Waals surface area contributed by atoms with Gasteiger partial charge in [-0.1, -0.05) is 61.5 Å². The fourth-order valence-corrected chi connectivity index (χ4v) is 5.83. The monoisotopic (exact) mass is 516 g/mol. The summed E-state index contributed by atoms with van der Waals surface area (Å²) in [5.41, 5.74) is 3.74. The lowest BCUT2D eigenvalue weighted by atomic mass is 10.0. The number of rotatable bonds is 10. The fourth-order valence-electron chi connectivity index (χ4n) is 4.07. The van der Waals surface area contributed by atoms with Gasteiger partial charge in [0.1, 0.15) is 0 Å². The van der Waals surface area contributed by atoms with Crippen LogP contribution in [0.25, 0.3) is 11.1 Å². The first-order valence-corrected chi connectivity index (χ1v) is 13.4. The highest BCUT2D eigenvalue weighted by Crippen LogP contribution is 2.29. The third-order valence-corrected chi connectivity index (χ3v) is 7.64. The molecular weight excluding hydrogens is 488 g/mol. The molecule has 4 N–H and O–H groups in total. The Labute approximate surface area is 215 Å². The van der Waals surface area contributed by atoms with E-state index >= 15 is 0 Å². The summed E-state index contributed by atoms with van der Waals surface area (Å²) in [4.78, 5) is 31.2. The Balaban J connectivity index is 1.66. The van der Waals surface area contributed by atoms with E-state index in [1.165, 1.54) is 6.20 Å². The minimum Gasteiger partial charge on any atom is -0.481 e. The predicted octanol–water partition coefficient (Wildman–Crippen LogP) is 4.69. The molecule has 0 fully saturated rings. The molecule has 0 saturated carbocycles. The molecule has 9 heteroatoms. The number of amides is 1. The molecule has 1 heterocycles. The number of carbonyl (C=O) groups excluding carboxylic acids is 1. The van der Waals surface area contributed by atoms with Gasteiger partial charge in [-0.15, -0.1) is 0 Å². The second-order valence-electron chi connectivity index (χ2n) is 8.50. The molecule has 0 aliphatic heterocycles. The smallest absolute Gasteiger partial charge is 0.305 e. The third-order valence-electron chi connectivity index (χ3n) is 5.88. The summed E-state index contributed by atoms with van der Waals surface area (Å²) in [5, 5.41) is 12.3. The van der Waals surface area contributed by atoms with Crippen LogP contribution in [0.1, 0.15) is 41.1 Å². The van der Waals surface area contributed by atoms with Crippen molar-refractivity contribution in [2.24, 2.45) is 0 Å². The highest BCUT2D eigenvalue weighted by atomic mass is 32.2. The minimum absolute atomic E-state index is 0.206. The Hall–Kier alpha value is -4.21. The van der Waals surface area contributed by atoms with E-state index in [9.17, 15) is 18.9 Å². The van der Waals surface area contributed by atoms with Gasteiger partial charge in [0.15, 0.2) is 5.82 Å². The van der Waals surface area contributed by atoms with Crippen molar-refractivity contribution in [2.45, 2.75) is 30.7 Å². The molecule has 0 aliphatic carbocycles. The van der Waals surface area contributed by atoms with E-state index in [0.717, 1.165) is 22.3 Å². The van der Waals surface area contributed by atoms with Crippen molar-refractivity contribution in [1.82, 2.24) is 14.7 Å². The van der Waals surface area contributed by atoms with Crippen LogP contribution >= 0.6 is 0 Å². The fraction of sp³-hybridized carbons (Fsp3) is 0.143. The summed E-state index contributed by atoms with van der Waals surface area (Å²) in [6.07, 6.45) is 3.46. The van der Waals surface area contributed by atoms with Crippen LogP contribution in [0.3, 0.4) is 0 Å². The first kappa shape index (κ1) is 25.9. The summed E-state index contributed by atoms with van der Waals surface area (Å²) >= 11 is 0. The molecule has 8 nitrogen and oxygen atoms in total. The highest BCUT2D eigenvalue weighted by Gasteiger charge is 2.22. The van der Waals surface area contributed by atoms with Crippen LogP contribution in [-0.4, -0.2) is 37.0 Å². The average molecular weight is 517 g/mol. The van der Waals surface area contributed by atoms with Gasteiger partial charge in [-0.25, -0.2) is 13.9 Å². The Morgan fingerprint density at radius 2 is 1.81 bits per heavy atom. The van der Waals surface area contributed by atoms with Crippen LogP contribution in [-0.2, 0) is 20.9 Å². The molecule has 1 amide bonds. The van der Waals surface area contributed by atoms with Gasteiger partial charge in [-0.05, 0) is 52.7 Å². The molecule has 3 aromatic carbocycles. The summed E-state index contributed by atoms with van der Waals surface area (Å²) in [6, 6.07) is 21.3. The largest absolute Gasteiger partial charge is 0.481 e. The first-order chi connectivity index (χ1) is 17.8. The number of nitrogens with zero attached hydrogens (tertiary/aromatic N) is 1. The maximum absolute atomic E-state index is 14.0. The number of nitrogens with one attached hydrogen (secondary N) is 3. The number of carboxylic acid groups (broad SMARTS) is 1. The van der Waals surface area contributed by atoms with E-state index in [4.69, 9.17) is 0 Å². The van der Waals surface area contributed by atoms with Crippen LogP contribution in [0.2, 0.25) is 0 Å². The van der Waals surface area contributed by atoms with Crippen LogP contribution in [0, 0.1) is 0 Å². The van der Waals surface area contributed by atoms with E-state index in [0.29, 0.717) is 17.0 Å². The minimum atomic E-state index is -3.08. The normalized spacial score (nSPS) is 13.4. The Bertz CT molecular complexity index is 1500. The molecule has 0 bridgehead atoms. The zero-order valence-electron chi connectivity index (χ0n) is 20.3. The lowest BCUT2D eigenvalue weighted by molar-refractivity contribution is -0.137. The summed E-state index contributed by atoms with van der Waals surface area (Å²) < 4.78 is 17.0. The van der Waals surface area contributed by atoms with Crippen LogP contribution in [0.5, 0.6) is 0 Å². The number of carbonyl (C=O) groups is 2. The number of hydrogen-bond donors (Lipinski definition) is 4. The third kappa shape index (κ3) is 6.32. The number of hydrogen-bond acceptors (Lipinski definition) is 4. The average Bonchev–Trinajstić information content (AvgIpc) is 3.44. The lowest BCUT2D eigenvalue weighted by Gasteiger charge is -2.23. The first-order valence-electron chi connectivity index (χ1n) is 11.7. The summed E-state index contributed by atoms with van der Waals surface area (Å²) in [5.74, 6) is 2.84. The van der Waals surface area contributed by atoms with E-state index in [2.05, 4.69) is 25.9 Å². The quantitative estimate of drug-likeness (QED) is 0.228. The van der Waals surface area contributed by atoms with E-state index < -0.39 is 21.7 Å². The molecule has 1 aromatic heterocycles. The second kappa shape index (κ2) is 11.2. The maximum atomic E-state index is 14.0. The van der Waals surface area contributed by atoms with Gasteiger partial charge in [0.05, 0.1) is 22.2 Å². The van der Waals surface area contributed by atoms with Crippen LogP contribution in [0.4, 0.5) is 5.69 Å². The number of imidazole rings is 1. The topological polar surface area (TPSA) is 124 Å². The molecule has 2 atom stereocenters. The number of aryl methyl sites for hydroxylation is 1. The highest BCUT2D eigenvalue weighted by molar-refractivity contribution is 7.98. The number of carboxylic acids is 1. The zero-order valence-corrected chi connectivity index (χ0v) is 21.1. The second-order valence-corrected chi connectivity index (χ2v) is 10.5. The van der Waals surface area contributed by atoms with Crippen LogP contribution < -0.4 is 10.0 Å². The molecule has 37 heavy (non-hydrogen) atoms. The molecule has 0 spiro atoms. The lowest BCUT2D eigenvalue weighted by Crippen LogP contribution is -2.30. The molecule has 4 rings (SSSR count). The number of aromatic amines is 1. The number of aliphatic carboxylic acids is 1. The van der Waals surface area contributed by atoms with Crippen molar-refractivity contribution in [3.63, 3.8) is 0 Å². The number of H-pyrrole nitrogens is 1. The molecule has 0 radical (unpaired) electrons. The molecule has 0 saturated heterocycles. The molecule has 4 aromatic rings. The van der Waals surface area contributed by atoms with Gasteiger partial charge in [0.2, 0.25) is 0 Å². The molecule has 0 aliphatic rings. The number of aromatic nitrogens is 2. The van der Waals surface area contributed by atoms with Crippen molar-refractivity contribution < 1.29 is 18.9 Å². The van der Waals surface area contributed by atoms with Gasteiger partial charge >= 0.3 is 5.97 Å². The van der Waals surface area contributed by atoms with E-state index in [-0.39, 0.29) is 18.2 Å². The van der Waals surface area contributed by atoms with Gasteiger partial charge < -0.3 is 15.4 Å². The van der Waals surface area contributed by atoms with Crippen molar-refractivity contribution in [3.8, 4) is 11.1 Å². The molecular formula is C28H28N4O4S. The SMILES string of the molecule is C=S(=O)(NC(CC(=O)O)c1ccccc1)c1cc(-c2cccc(NC(=O)c3ncc[nH]3)c2)ccc1CC. The van der Waals surface area contributed by atoms with Gasteiger partial charge in [-0.3, -0.25) is 9.59 Å². The maximum Gasteiger partial charge on any atom is 0.305 e. The number of benzene rings is 3. The standard InChI is InChI=1S/C28H28N4O4S/c1-3-19-12-13-22(21-10-7-11-23(16-21)31-28(35)27-29-14-15-30-27)17-25(19)37(2,36)32-24(18-26(33)34)20-8-5-4-6-9-20/h4-17,24H,2-3,18H2,1H3,(H,29,30)(H,31,35)(H,32,36)(H,33,34). The molecule has 190 valence electrons. The Kier molecular flexibility index (Phi) is 7.86. The molecule has 2 unspecified atom stereocenters. The Morgan fingerprint density at radius 3 is 2.49 bits per heavy atom. The van der Waals surface area contributed by atoms with Crippen molar-refractivity contribution >= 4 is 33.1 Å². The van der Waals surface area contributed by atoms with E-state index in [1.54, 1.807) is 24.4 Å². The van der Waals surface area contributed by atoms with Crippen LogP contribution in [0.15, 0.2) is 90.1 Å². The van der Waals surface area contributed by atoms with Crippen molar-refractivity contribution in [1.29, 1.82) is 0 Å². The van der Waals surface area contributed by atoms with Crippen molar-refractivity contribution in [3.05, 3.63) is 102 Å².